The second kappa shape index (κ2) is 7.14. The molecule has 1 aromatic carbocycles. The van der Waals surface area contributed by atoms with Crippen LogP contribution in [0, 0.1) is 13.8 Å². The van der Waals surface area contributed by atoms with Crippen molar-refractivity contribution in [1.29, 1.82) is 0 Å². The first-order valence-electron chi connectivity index (χ1n) is 8.28. The molecule has 0 atom stereocenters. The molecule has 1 fully saturated rings. The van der Waals surface area contributed by atoms with Crippen LogP contribution in [0.15, 0.2) is 53.8 Å². The summed E-state index contributed by atoms with van der Waals surface area (Å²) >= 11 is 1.68. The number of hydrogen-bond acceptors (Lipinski definition) is 4. The van der Waals surface area contributed by atoms with E-state index in [1.807, 2.05) is 26.0 Å². The number of nitrogens with one attached hydrogen (secondary N) is 1. The van der Waals surface area contributed by atoms with Crippen molar-refractivity contribution in [2.24, 2.45) is 4.99 Å². The zero-order valence-corrected chi connectivity index (χ0v) is 15.3. The zero-order valence-electron chi connectivity index (χ0n) is 14.5. The lowest BCUT2D eigenvalue weighted by molar-refractivity contribution is 0.798. The standard InChI is InChI=1S/C20H23N3S/c1-5-7-18(22-14(3)21-17-10-11-17)20-19(23-15(4)24-20)16-9-6-8-13(2)12-16/h5-9,12,17,21H,3,10-11H2,1-2,4H3/b7-5-,22-18+. The molecule has 0 bridgehead atoms. The summed E-state index contributed by atoms with van der Waals surface area (Å²) in [5.74, 6) is 0.729. The molecule has 1 aromatic heterocycles. The van der Waals surface area contributed by atoms with Gasteiger partial charge < -0.3 is 5.32 Å². The summed E-state index contributed by atoms with van der Waals surface area (Å²) in [6, 6.07) is 9.00. The summed E-state index contributed by atoms with van der Waals surface area (Å²) in [6.45, 7) is 10.2. The first-order chi connectivity index (χ1) is 11.6. The molecule has 124 valence electrons. The van der Waals surface area contributed by atoms with Gasteiger partial charge in [-0.25, -0.2) is 9.98 Å². The number of rotatable bonds is 6. The van der Waals surface area contributed by atoms with Crippen molar-refractivity contribution in [3.63, 3.8) is 0 Å². The molecular formula is C20H23N3S. The van der Waals surface area contributed by atoms with E-state index in [4.69, 9.17) is 9.98 Å². The highest BCUT2D eigenvalue weighted by atomic mass is 32.1. The van der Waals surface area contributed by atoms with Gasteiger partial charge in [0.2, 0.25) is 0 Å². The van der Waals surface area contributed by atoms with Crippen LogP contribution in [-0.4, -0.2) is 16.7 Å². The lowest BCUT2D eigenvalue weighted by atomic mass is 10.1. The number of aliphatic imine (C=N–C) groups is 1. The molecule has 0 aliphatic heterocycles. The molecule has 3 rings (SSSR count). The Kier molecular flexibility index (Phi) is 4.95. The lowest BCUT2D eigenvalue weighted by Crippen LogP contribution is -2.14. The summed E-state index contributed by atoms with van der Waals surface area (Å²) in [5.41, 5.74) is 4.27. The van der Waals surface area contributed by atoms with Gasteiger partial charge in [0.05, 0.1) is 21.3 Å². The fraction of sp³-hybridized carbons (Fsp3) is 0.300. The average molecular weight is 337 g/mol. The van der Waals surface area contributed by atoms with Crippen molar-refractivity contribution in [3.05, 3.63) is 64.3 Å². The highest BCUT2D eigenvalue weighted by Gasteiger charge is 2.21. The van der Waals surface area contributed by atoms with Crippen molar-refractivity contribution < 1.29 is 0 Å². The molecule has 0 spiro atoms. The Morgan fingerprint density at radius 1 is 1.38 bits per heavy atom. The quantitative estimate of drug-likeness (QED) is 0.752. The Morgan fingerprint density at radius 2 is 2.17 bits per heavy atom. The number of allylic oxidation sites excluding steroid dienone is 2. The molecule has 2 aromatic rings. The normalized spacial score (nSPS) is 15.0. The van der Waals surface area contributed by atoms with Gasteiger partial charge in [-0.2, -0.15) is 0 Å². The van der Waals surface area contributed by atoms with Crippen LogP contribution in [0.2, 0.25) is 0 Å². The maximum Gasteiger partial charge on any atom is 0.119 e. The van der Waals surface area contributed by atoms with Crippen LogP contribution in [0.4, 0.5) is 0 Å². The maximum absolute atomic E-state index is 4.76. The summed E-state index contributed by atoms with van der Waals surface area (Å²) in [4.78, 5) is 10.6. The second-order valence-corrected chi connectivity index (χ2v) is 7.35. The van der Waals surface area contributed by atoms with E-state index in [0.29, 0.717) is 6.04 Å². The summed E-state index contributed by atoms with van der Waals surface area (Å²) in [7, 11) is 0. The van der Waals surface area contributed by atoms with Gasteiger partial charge in [-0.15, -0.1) is 11.3 Å². The van der Waals surface area contributed by atoms with Crippen LogP contribution in [0.5, 0.6) is 0 Å². The highest BCUT2D eigenvalue weighted by molar-refractivity contribution is 7.14. The van der Waals surface area contributed by atoms with E-state index in [0.717, 1.165) is 32.7 Å². The van der Waals surface area contributed by atoms with Crippen molar-refractivity contribution in [3.8, 4) is 11.3 Å². The fourth-order valence-corrected chi connectivity index (χ4v) is 3.46. The number of benzene rings is 1. The average Bonchev–Trinajstić information content (AvgIpc) is 3.25. The molecule has 0 unspecified atom stereocenters. The van der Waals surface area contributed by atoms with E-state index < -0.39 is 0 Å². The van der Waals surface area contributed by atoms with E-state index in [1.54, 1.807) is 11.3 Å². The van der Waals surface area contributed by atoms with E-state index in [2.05, 4.69) is 43.1 Å². The first-order valence-corrected chi connectivity index (χ1v) is 9.10. The Labute approximate surface area is 147 Å². The van der Waals surface area contributed by atoms with Gasteiger partial charge in [0.15, 0.2) is 0 Å². The minimum atomic E-state index is 0.549. The van der Waals surface area contributed by atoms with Gasteiger partial charge in [-0.05, 0) is 45.8 Å². The molecule has 1 heterocycles. The zero-order chi connectivity index (χ0) is 17.1. The van der Waals surface area contributed by atoms with Gasteiger partial charge in [-0.1, -0.05) is 36.4 Å². The van der Waals surface area contributed by atoms with Gasteiger partial charge in [0.25, 0.3) is 0 Å². The minimum absolute atomic E-state index is 0.549. The van der Waals surface area contributed by atoms with Crippen molar-refractivity contribution in [2.75, 3.05) is 0 Å². The van der Waals surface area contributed by atoms with Crippen molar-refractivity contribution in [1.82, 2.24) is 10.3 Å². The van der Waals surface area contributed by atoms with Crippen LogP contribution < -0.4 is 5.32 Å². The Balaban J connectivity index is 2.01. The summed E-state index contributed by atoms with van der Waals surface area (Å²) < 4.78 is 0. The number of thiazole rings is 1. The van der Waals surface area contributed by atoms with Crippen LogP contribution in [0.25, 0.3) is 11.3 Å². The fourth-order valence-electron chi connectivity index (χ4n) is 2.55. The lowest BCUT2D eigenvalue weighted by Gasteiger charge is -2.07. The molecule has 3 nitrogen and oxygen atoms in total. The molecule has 0 radical (unpaired) electrons. The Morgan fingerprint density at radius 3 is 2.83 bits per heavy atom. The van der Waals surface area contributed by atoms with Crippen LogP contribution >= 0.6 is 11.3 Å². The topological polar surface area (TPSA) is 37.3 Å². The third-order valence-corrected chi connectivity index (χ3v) is 4.78. The first kappa shape index (κ1) is 16.7. The SMILES string of the molecule is C=C(/N=C(\C=C/C)c1sc(C)nc1-c1cccc(C)c1)NC1CC1. The molecule has 4 heteroatoms. The largest absolute Gasteiger partial charge is 0.368 e. The summed E-state index contributed by atoms with van der Waals surface area (Å²) in [6.07, 6.45) is 6.47. The van der Waals surface area contributed by atoms with Crippen LogP contribution in [0.1, 0.15) is 35.2 Å². The molecule has 0 saturated heterocycles. The third kappa shape index (κ3) is 4.01. The number of aromatic nitrogens is 1. The monoisotopic (exact) mass is 337 g/mol. The van der Waals surface area contributed by atoms with E-state index in [9.17, 15) is 0 Å². The molecule has 1 aliphatic carbocycles. The smallest absolute Gasteiger partial charge is 0.119 e. The number of nitrogens with zero attached hydrogens (tertiary/aromatic N) is 2. The van der Waals surface area contributed by atoms with Gasteiger partial charge in [0.1, 0.15) is 5.82 Å². The molecule has 1 N–H and O–H groups in total. The Hall–Kier alpha value is -2.20. The molecule has 0 amide bonds. The second-order valence-electron chi connectivity index (χ2n) is 6.14. The molecule has 24 heavy (non-hydrogen) atoms. The molecule has 1 aliphatic rings. The van der Waals surface area contributed by atoms with Gasteiger partial charge in [-0.3, -0.25) is 0 Å². The van der Waals surface area contributed by atoms with Crippen molar-refractivity contribution in [2.45, 2.75) is 39.7 Å². The maximum atomic E-state index is 4.76. The van der Waals surface area contributed by atoms with Crippen LogP contribution in [0.3, 0.4) is 0 Å². The van der Waals surface area contributed by atoms with Crippen molar-refractivity contribution >= 4 is 17.0 Å². The molecule has 1 saturated carbocycles. The van der Waals surface area contributed by atoms with Gasteiger partial charge >= 0.3 is 0 Å². The van der Waals surface area contributed by atoms with Gasteiger partial charge in [0, 0.05) is 11.6 Å². The summed E-state index contributed by atoms with van der Waals surface area (Å²) in [5, 5.41) is 4.40. The highest BCUT2D eigenvalue weighted by Crippen LogP contribution is 2.30. The predicted molar refractivity (Wildman–Crippen MR) is 104 cm³/mol. The minimum Gasteiger partial charge on any atom is -0.368 e. The predicted octanol–water partition coefficient (Wildman–Crippen LogP) is 5.02. The van der Waals surface area contributed by atoms with E-state index in [1.165, 1.54) is 18.4 Å². The van der Waals surface area contributed by atoms with E-state index >= 15 is 0 Å². The molecular weight excluding hydrogens is 314 g/mol. The van der Waals surface area contributed by atoms with Crippen LogP contribution in [-0.2, 0) is 0 Å². The number of hydrogen-bond donors (Lipinski definition) is 1. The number of aryl methyl sites for hydroxylation is 2. The van der Waals surface area contributed by atoms with E-state index in [-0.39, 0.29) is 0 Å². The Bertz CT molecular complexity index is 810. The third-order valence-electron chi connectivity index (χ3n) is 3.79.